The molecule has 2 aliphatic rings. The normalized spacial score (nSPS) is 22.8. The van der Waals surface area contributed by atoms with Crippen molar-refractivity contribution in [2.75, 3.05) is 18.4 Å². The Hall–Kier alpha value is -2.17. The molecule has 1 aromatic carbocycles. The average Bonchev–Trinajstić information content (AvgIpc) is 2.38. The molecule has 0 saturated carbocycles. The fourth-order valence-corrected chi connectivity index (χ4v) is 2.31. The second-order valence-electron chi connectivity index (χ2n) is 4.46. The lowest BCUT2D eigenvalue weighted by Crippen LogP contribution is -2.59. The highest BCUT2D eigenvalue weighted by molar-refractivity contribution is 6.08. The van der Waals surface area contributed by atoms with Crippen LogP contribution in [-0.4, -0.2) is 46.8 Å². The predicted molar refractivity (Wildman–Crippen MR) is 66.8 cm³/mol. The number of nitrogens with zero attached hydrogens (tertiary/aromatic N) is 2. The van der Waals surface area contributed by atoms with E-state index in [0.717, 1.165) is 12.1 Å². The molecule has 2 aliphatic heterocycles. The van der Waals surface area contributed by atoms with Crippen LogP contribution in [0, 0.1) is 0 Å². The Morgan fingerprint density at radius 3 is 2.78 bits per heavy atom. The van der Waals surface area contributed by atoms with Crippen molar-refractivity contribution in [3.8, 4) is 0 Å². The number of amides is 3. The summed E-state index contributed by atoms with van der Waals surface area (Å²) in [5, 5.41) is 3.14. The summed E-state index contributed by atoms with van der Waals surface area (Å²) in [7, 11) is 0. The molecule has 18 heavy (non-hydrogen) atoms. The minimum atomic E-state index is -0.453. The summed E-state index contributed by atoms with van der Waals surface area (Å²) in [6, 6.07) is 8.88. The predicted octanol–water partition coefficient (Wildman–Crippen LogP) is 0.916. The van der Waals surface area contributed by atoms with Gasteiger partial charge in [-0.2, -0.15) is 14.3 Å². The first kappa shape index (κ1) is 11.0. The Kier molecular flexibility index (Phi) is 2.59. The summed E-state index contributed by atoms with van der Waals surface area (Å²) in [6.45, 7) is 1.21. The van der Waals surface area contributed by atoms with E-state index in [1.165, 1.54) is 4.90 Å². The number of rotatable bonds is 2. The van der Waals surface area contributed by atoms with Gasteiger partial charge in [0.15, 0.2) is 6.04 Å². The number of carbonyl (C=O) groups is 2. The largest absolute Gasteiger partial charge is 0.500 e. The summed E-state index contributed by atoms with van der Waals surface area (Å²) in [5.41, 5.74) is 0.877. The number of nitrogens with one attached hydrogen (secondary N) is 1. The molecule has 1 N–H and O–H groups in total. The maximum Gasteiger partial charge on any atom is 0.500 e. The van der Waals surface area contributed by atoms with E-state index < -0.39 is 6.04 Å². The van der Waals surface area contributed by atoms with Crippen molar-refractivity contribution in [2.45, 2.75) is 12.5 Å². The van der Waals surface area contributed by atoms with Gasteiger partial charge in [-0.25, -0.2) is 4.79 Å². The molecule has 1 atom stereocenters. The zero-order chi connectivity index (χ0) is 12.5. The van der Waals surface area contributed by atoms with E-state index in [4.69, 9.17) is 0 Å². The summed E-state index contributed by atoms with van der Waals surface area (Å²) in [6.07, 6.45) is 2.53. The minimum Gasteiger partial charge on any atom is -0.366 e. The van der Waals surface area contributed by atoms with Gasteiger partial charge in [-0.1, -0.05) is 18.2 Å². The Labute approximate surface area is 105 Å². The van der Waals surface area contributed by atoms with Crippen molar-refractivity contribution in [3.63, 3.8) is 0 Å². The van der Waals surface area contributed by atoms with Crippen LogP contribution in [0.25, 0.3) is 0 Å². The highest BCUT2D eigenvalue weighted by Crippen LogP contribution is 2.14. The van der Waals surface area contributed by atoms with Crippen LogP contribution in [-0.2, 0) is 4.79 Å². The van der Waals surface area contributed by atoms with E-state index in [1.807, 2.05) is 30.3 Å². The van der Waals surface area contributed by atoms with Crippen LogP contribution < -0.4 is 5.32 Å². The van der Waals surface area contributed by atoms with Gasteiger partial charge >= 0.3 is 11.9 Å². The topological polar surface area (TPSA) is 52.4 Å². The molecule has 1 saturated heterocycles. The van der Waals surface area contributed by atoms with Crippen molar-refractivity contribution in [1.82, 2.24) is 4.90 Å². The van der Waals surface area contributed by atoms with Gasteiger partial charge in [0.2, 0.25) is 0 Å². The summed E-state index contributed by atoms with van der Waals surface area (Å²) in [5.74, 6) is -0.167. The molecule has 92 valence electrons. The van der Waals surface area contributed by atoms with E-state index >= 15 is 0 Å². The van der Waals surface area contributed by atoms with Gasteiger partial charge in [0.1, 0.15) is 12.8 Å². The Morgan fingerprint density at radius 1 is 1.22 bits per heavy atom. The summed E-state index contributed by atoms with van der Waals surface area (Å²) >= 11 is 0. The maximum atomic E-state index is 12.1. The van der Waals surface area contributed by atoms with E-state index in [2.05, 4.69) is 5.32 Å². The molecule has 5 nitrogen and oxygen atoms in total. The Bertz CT molecular complexity index is 524. The second-order valence-corrected chi connectivity index (χ2v) is 4.46. The number of benzene rings is 1. The number of para-hydroxylation sites is 1. The van der Waals surface area contributed by atoms with Crippen LogP contribution in [0.2, 0.25) is 0 Å². The van der Waals surface area contributed by atoms with E-state index in [1.54, 1.807) is 10.8 Å². The van der Waals surface area contributed by atoms with Crippen molar-refractivity contribution in [2.24, 2.45) is 0 Å². The minimum absolute atomic E-state index is 0.167. The Balaban J connectivity index is 1.87. The molecular weight excluding hydrogens is 230 g/mol. The van der Waals surface area contributed by atoms with Crippen molar-refractivity contribution < 1.29 is 14.2 Å². The van der Waals surface area contributed by atoms with Gasteiger partial charge in [0, 0.05) is 12.1 Å². The van der Waals surface area contributed by atoms with Crippen LogP contribution >= 0.6 is 0 Å². The molecule has 3 amide bonds. The molecule has 0 spiro atoms. The number of urea groups is 1. The molecule has 0 radical (unpaired) electrons. The number of carbonyl (C=O) groups excluding carboxylic acids is 2. The van der Waals surface area contributed by atoms with E-state index in [-0.39, 0.29) is 11.9 Å². The van der Waals surface area contributed by atoms with Gasteiger partial charge in [0.05, 0.1) is 6.54 Å². The van der Waals surface area contributed by atoms with E-state index in [9.17, 15) is 9.59 Å². The third-order valence-electron chi connectivity index (χ3n) is 3.21. The number of fused-ring (bicyclic) bond motifs is 2. The molecule has 5 heteroatoms. The first-order valence-corrected chi connectivity index (χ1v) is 6.04. The van der Waals surface area contributed by atoms with Gasteiger partial charge < -0.3 is 5.32 Å². The first-order valence-electron chi connectivity index (χ1n) is 6.04. The van der Waals surface area contributed by atoms with Crippen molar-refractivity contribution in [1.29, 1.82) is 0 Å². The molecule has 0 aliphatic carbocycles. The third kappa shape index (κ3) is 1.77. The lowest BCUT2D eigenvalue weighted by Gasteiger charge is -2.27. The first-order chi connectivity index (χ1) is 8.75. The quantitative estimate of drug-likeness (QED) is 0.787. The van der Waals surface area contributed by atoms with Crippen LogP contribution in [0.15, 0.2) is 30.3 Å². The molecular formula is C13H14N3O2+. The number of hydrogen-bond acceptors (Lipinski definition) is 3. The lowest BCUT2D eigenvalue weighted by atomic mass is 10.1. The summed E-state index contributed by atoms with van der Waals surface area (Å²) in [4.78, 5) is 25.2. The monoisotopic (exact) mass is 244 g/mol. The van der Waals surface area contributed by atoms with Gasteiger partial charge in [0.25, 0.3) is 0 Å². The fourth-order valence-electron chi connectivity index (χ4n) is 2.31. The average molecular weight is 244 g/mol. The van der Waals surface area contributed by atoms with Crippen molar-refractivity contribution in [3.05, 3.63) is 30.3 Å². The molecule has 2 heterocycles. The van der Waals surface area contributed by atoms with Gasteiger partial charge in [-0.05, 0) is 12.1 Å². The Morgan fingerprint density at radius 2 is 2.00 bits per heavy atom. The third-order valence-corrected chi connectivity index (χ3v) is 3.21. The molecule has 0 aromatic heterocycles. The van der Waals surface area contributed by atoms with Crippen LogP contribution in [0.1, 0.15) is 6.42 Å². The summed E-state index contributed by atoms with van der Waals surface area (Å²) < 4.78 is 1.62. The molecule has 1 fully saturated rings. The smallest absolute Gasteiger partial charge is 0.366 e. The molecule has 3 rings (SSSR count). The molecule has 2 bridgehead atoms. The van der Waals surface area contributed by atoms with Crippen LogP contribution in [0.4, 0.5) is 10.5 Å². The second kappa shape index (κ2) is 4.25. The lowest BCUT2D eigenvalue weighted by molar-refractivity contribution is -0.444. The van der Waals surface area contributed by atoms with Crippen molar-refractivity contribution >= 4 is 23.8 Å². The fraction of sp³-hybridized carbons (Fsp3) is 0.308. The van der Waals surface area contributed by atoms with Crippen LogP contribution in [0.3, 0.4) is 0 Å². The molecule has 1 aromatic rings. The van der Waals surface area contributed by atoms with Crippen LogP contribution in [0.5, 0.6) is 0 Å². The number of imide groups is 1. The highest BCUT2D eigenvalue weighted by atomic mass is 16.2. The standard InChI is InChI=1S/C13H14N3O2/c17-12-11(14-10-5-2-1-3-6-10)9-15-7-4-8-16(12)13(15)18/h1-3,5-6,9,11,14H,4,7-8H2/q+1. The zero-order valence-corrected chi connectivity index (χ0v) is 9.87. The maximum absolute atomic E-state index is 12.1. The zero-order valence-electron chi connectivity index (χ0n) is 9.87. The SMILES string of the molecule is O=C1C(Nc2ccccc2)C=[N+]2CCCN1C2=O. The molecule has 1 unspecified atom stereocenters. The highest BCUT2D eigenvalue weighted by Gasteiger charge is 2.45. The van der Waals surface area contributed by atoms with Gasteiger partial charge in [-0.15, -0.1) is 0 Å². The number of anilines is 1. The van der Waals surface area contributed by atoms with Gasteiger partial charge in [-0.3, -0.25) is 0 Å². The number of hydrogen-bond donors (Lipinski definition) is 1. The van der Waals surface area contributed by atoms with E-state index in [0.29, 0.717) is 13.1 Å².